The number of rotatable bonds is 4. The normalized spacial score (nSPS) is 14.8. The number of carbonyl (C=O) groups excluding carboxylic acids is 1. The molecule has 0 unspecified atom stereocenters. The third-order valence-corrected chi connectivity index (χ3v) is 5.36. The van der Waals surface area contributed by atoms with Crippen LogP contribution >= 0.6 is 11.8 Å². The molecule has 0 radical (unpaired) electrons. The van der Waals surface area contributed by atoms with Crippen LogP contribution in [0.4, 0.5) is 10.1 Å². The second kappa shape index (κ2) is 7.33. The van der Waals surface area contributed by atoms with Crippen LogP contribution in [0.25, 0.3) is 5.65 Å². The number of anilines is 1. The third kappa shape index (κ3) is 3.50. The second-order valence-electron chi connectivity index (χ2n) is 6.04. The van der Waals surface area contributed by atoms with Crippen molar-refractivity contribution in [1.29, 1.82) is 0 Å². The molecule has 0 N–H and O–H groups in total. The van der Waals surface area contributed by atoms with Gasteiger partial charge in [-0.3, -0.25) is 9.20 Å². The highest BCUT2D eigenvalue weighted by Gasteiger charge is 2.22. The number of pyridine rings is 1. The molecule has 0 aliphatic carbocycles. The molecule has 1 saturated heterocycles. The maximum absolute atomic E-state index is 13.0. The fourth-order valence-electron chi connectivity index (χ4n) is 3.00. The van der Waals surface area contributed by atoms with Crippen LogP contribution in [0.1, 0.15) is 0 Å². The number of hydrogen-bond acceptors (Lipinski definition) is 5. The van der Waals surface area contributed by atoms with Crippen molar-refractivity contribution >= 4 is 29.0 Å². The van der Waals surface area contributed by atoms with Crippen LogP contribution in [-0.2, 0) is 4.79 Å². The number of aromatic nitrogens is 3. The highest BCUT2D eigenvalue weighted by Crippen LogP contribution is 2.19. The van der Waals surface area contributed by atoms with Crippen LogP contribution in [0, 0.1) is 5.82 Å². The Morgan fingerprint density at radius 1 is 1.04 bits per heavy atom. The van der Waals surface area contributed by atoms with Crippen LogP contribution in [0.2, 0.25) is 0 Å². The van der Waals surface area contributed by atoms with Gasteiger partial charge in [-0.25, -0.2) is 4.39 Å². The van der Waals surface area contributed by atoms with Gasteiger partial charge in [0, 0.05) is 38.1 Å². The van der Waals surface area contributed by atoms with Gasteiger partial charge in [-0.1, -0.05) is 17.8 Å². The molecule has 4 rings (SSSR count). The van der Waals surface area contributed by atoms with Gasteiger partial charge in [-0.05, 0) is 36.4 Å². The molecule has 8 heteroatoms. The SMILES string of the molecule is O=C(CSc1nnc2ccccn12)N1CCN(c2ccc(F)cc2)CC1. The van der Waals surface area contributed by atoms with Gasteiger partial charge in [0.15, 0.2) is 10.8 Å². The van der Waals surface area contributed by atoms with E-state index >= 15 is 0 Å². The number of thioether (sulfide) groups is 1. The number of amides is 1. The first kappa shape index (κ1) is 16.8. The molecule has 26 heavy (non-hydrogen) atoms. The first-order valence-corrected chi connectivity index (χ1v) is 9.40. The summed E-state index contributed by atoms with van der Waals surface area (Å²) in [7, 11) is 0. The molecular formula is C18H18FN5OS. The Morgan fingerprint density at radius 3 is 2.58 bits per heavy atom. The van der Waals surface area contributed by atoms with E-state index in [1.165, 1.54) is 23.9 Å². The average Bonchev–Trinajstić information content (AvgIpc) is 3.10. The van der Waals surface area contributed by atoms with E-state index in [4.69, 9.17) is 0 Å². The Balaban J connectivity index is 1.31. The lowest BCUT2D eigenvalue weighted by molar-refractivity contribution is -0.128. The first-order valence-electron chi connectivity index (χ1n) is 8.41. The topological polar surface area (TPSA) is 53.7 Å². The quantitative estimate of drug-likeness (QED) is 0.659. The van der Waals surface area contributed by atoms with Gasteiger partial charge in [0.1, 0.15) is 5.82 Å². The number of nitrogens with zero attached hydrogens (tertiary/aromatic N) is 5. The molecule has 3 aromatic rings. The molecule has 0 bridgehead atoms. The van der Waals surface area contributed by atoms with Gasteiger partial charge in [0.2, 0.25) is 5.91 Å². The molecule has 0 saturated carbocycles. The summed E-state index contributed by atoms with van der Waals surface area (Å²) < 4.78 is 14.9. The minimum Gasteiger partial charge on any atom is -0.368 e. The third-order valence-electron chi connectivity index (χ3n) is 4.43. The van der Waals surface area contributed by atoms with Crippen LogP contribution < -0.4 is 4.90 Å². The Kier molecular flexibility index (Phi) is 4.75. The van der Waals surface area contributed by atoms with Crippen molar-refractivity contribution in [3.8, 4) is 0 Å². The predicted molar refractivity (Wildman–Crippen MR) is 98.9 cm³/mol. The van der Waals surface area contributed by atoms with Gasteiger partial charge in [-0.15, -0.1) is 10.2 Å². The van der Waals surface area contributed by atoms with E-state index in [1.54, 1.807) is 12.1 Å². The molecule has 6 nitrogen and oxygen atoms in total. The van der Waals surface area contributed by atoms with Crippen molar-refractivity contribution in [1.82, 2.24) is 19.5 Å². The Labute approximate surface area is 154 Å². The van der Waals surface area contributed by atoms with Crippen LogP contribution in [0.5, 0.6) is 0 Å². The number of benzene rings is 1. The number of piperazine rings is 1. The minimum atomic E-state index is -0.236. The maximum atomic E-state index is 13.0. The van der Waals surface area contributed by atoms with E-state index in [2.05, 4.69) is 15.1 Å². The smallest absolute Gasteiger partial charge is 0.233 e. The summed E-state index contributed by atoms with van der Waals surface area (Å²) in [6.45, 7) is 2.82. The van der Waals surface area contributed by atoms with Crippen molar-refractivity contribution < 1.29 is 9.18 Å². The van der Waals surface area contributed by atoms with Crippen molar-refractivity contribution in [2.45, 2.75) is 5.16 Å². The molecule has 1 amide bonds. The van der Waals surface area contributed by atoms with Crippen LogP contribution in [0.15, 0.2) is 53.8 Å². The lowest BCUT2D eigenvalue weighted by Crippen LogP contribution is -2.49. The lowest BCUT2D eigenvalue weighted by atomic mass is 10.2. The van der Waals surface area contributed by atoms with Gasteiger partial charge in [0.25, 0.3) is 0 Å². The fraction of sp³-hybridized carbons (Fsp3) is 0.278. The molecule has 0 atom stereocenters. The first-order chi connectivity index (χ1) is 12.7. The number of halogens is 1. The van der Waals surface area contributed by atoms with Crippen molar-refractivity contribution in [3.63, 3.8) is 0 Å². The zero-order valence-corrected chi connectivity index (χ0v) is 14.9. The summed E-state index contributed by atoms with van der Waals surface area (Å²) in [6.07, 6.45) is 1.89. The van der Waals surface area contributed by atoms with Crippen molar-refractivity contribution in [2.75, 3.05) is 36.8 Å². The molecule has 1 fully saturated rings. The largest absolute Gasteiger partial charge is 0.368 e. The molecule has 0 spiro atoms. The molecule has 134 valence electrons. The molecule has 1 aliphatic rings. The molecule has 3 heterocycles. The summed E-state index contributed by atoms with van der Waals surface area (Å²) in [6, 6.07) is 12.2. The Hall–Kier alpha value is -2.61. The van der Waals surface area contributed by atoms with Crippen molar-refractivity contribution in [3.05, 3.63) is 54.5 Å². The van der Waals surface area contributed by atoms with Crippen LogP contribution in [0.3, 0.4) is 0 Å². The molecule has 1 aromatic carbocycles. The molecular weight excluding hydrogens is 353 g/mol. The van der Waals surface area contributed by atoms with Gasteiger partial charge < -0.3 is 9.80 Å². The monoisotopic (exact) mass is 371 g/mol. The van der Waals surface area contributed by atoms with E-state index in [9.17, 15) is 9.18 Å². The van der Waals surface area contributed by atoms with E-state index in [0.717, 1.165) is 29.6 Å². The molecule has 2 aromatic heterocycles. The second-order valence-corrected chi connectivity index (χ2v) is 6.99. The summed E-state index contributed by atoms with van der Waals surface area (Å²) in [5.41, 5.74) is 1.76. The van der Waals surface area contributed by atoms with Crippen molar-refractivity contribution in [2.24, 2.45) is 0 Å². The lowest BCUT2D eigenvalue weighted by Gasteiger charge is -2.36. The fourth-order valence-corrected chi connectivity index (χ4v) is 3.83. The number of hydrogen-bond donors (Lipinski definition) is 0. The van der Waals surface area contributed by atoms with Crippen LogP contribution in [-0.4, -0.2) is 57.3 Å². The van der Waals surface area contributed by atoms with E-state index in [-0.39, 0.29) is 11.7 Å². The van der Waals surface area contributed by atoms with E-state index in [1.807, 2.05) is 33.7 Å². The average molecular weight is 371 g/mol. The number of fused-ring (bicyclic) bond motifs is 1. The van der Waals surface area contributed by atoms with E-state index in [0.29, 0.717) is 18.8 Å². The zero-order chi connectivity index (χ0) is 17.9. The molecule has 1 aliphatic heterocycles. The highest BCUT2D eigenvalue weighted by molar-refractivity contribution is 7.99. The Bertz CT molecular complexity index is 905. The van der Waals surface area contributed by atoms with Gasteiger partial charge >= 0.3 is 0 Å². The summed E-state index contributed by atoms with van der Waals surface area (Å²) in [4.78, 5) is 16.5. The minimum absolute atomic E-state index is 0.0986. The Morgan fingerprint density at radius 2 is 1.81 bits per heavy atom. The maximum Gasteiger partial charge on any atom is 0.233 e. The standard InChI is InChI=1S/C18H18FN5OS/c19-14-4-6-15(7-5-14)22-9-11-23(12-10-22)17(25)13-26-18-21-20-16-3-1-2-8-24(16)18/h1-8H,9-13H2. The van der Waals surface area contributed by atoms with Gasteiger partial charge in [-0.2, -0.15) is 0 Å². The summed E-state index contributed by atoms with van der Waals surface area (Å²) >= 11 is 1.40. The summed E-state index contributed by atoms with van der Waals surface area (Å²) in [5, 5.41) is 8.95. The highest BCUT2D eigenvalue weighted by atomic mass is 32.2. The van der Waals surface area contributed by atoms with E-state index < -0.39 is 0 Å². The summed E-state index contributed by atoms with van der Waals surface area (Å²) in [5.74, 6) is 0.203. The number of carbonyl (C=O) groups is 1. The van der Waals surface area contributed by atoms with Gasteiger partial charge in [0.05, 0.1) is 5.75 Å². The predicted octanol–water partition coefficient (Wildman–Crippen LogP) is 2.31. The zero-order valence-electron chi connectivity index (χ0n) is 14.1.